The maximum Gasteiger partial charge on any atom is 0.251 e. The number of amides is 1. The lowest BCUT2D eigenvalue weighted by atomic mass is 10.1. The van der Waals surface area contributed by atoms with Crippen LogP contribution in [0.1, 0.15) is 15.9 Å². The van der Waals surface area contributed by atoms with Crippen LogP contribution in [0.25, 0.3) is 0 Å². The minimum Gasteiger partial charge on any atom is -0.399 e. The number of anilines is 5. The van der Waals surface area contributed by atoms with E-state index in [1.165, 1.54) is 0 Å². The van der Waals surface area contributed by atoms with Crippen molar-refractivity contribution in [2.45, 2.75) is 6.92 Å². The Balaban J connectivity index is 1.84. The Bertz CT molecular complexity index is 955. The van der Waals surface area contributed by atoms with Crippen LogP contribution >= 0.6 is 0 Å². The molecule has 0 spiro atoms. The van der Waals surface area contributed by atoms with Crippen molar-refractivity contribution in [2.24, 2.45) is 0 Å². The Morgan fingerprint density at radius 3 is 2.56 bits per heavy atom. The number of aromatic nitrogens is 2. The van der Waals surface area contributed by atoms with Crippen LogP contribution in [0.2, 0.25) is 0 Å². The van der Waals surface area contributed by atoms with Gasteiger partial charge in [0.15, 0.2) is 0 Å². The van der Waals surface area contributed by atoms with Gasteiger partial charge in [0.1, 0.15) is 5.82 Å². The number of carbonyl (C=O) groups is 1. The maximum atomic E-state index is 12.0. The van der Waals surface area contributed by atoms with Crippen LogP contribution in [0, 0.1) is 6.92 Å². The van der Waals surface area contributed by atoms with E-state index in [-0.39, 0.29) is 5.91 Å². The van der Waals surface area contributed by atoms with Crippen LogP contribution in [-0.4, -0.2) is 30.0 Å². The van der Waals surface area contributed by atoms with Gasteiger partial charge in [-0.25, -0.2) is 4.98 Å². The van der Waals surface area contributed by atoms with Crippen molar-refractivity contribution in [2.75, 3.05) is 30.0 Å². The first-order chi connectivity index (χ1) is 13.0. The van der Waals surface area contributed by atoms with Gasteiger partial charge in [0.25, 0.3) is 5.91 Å². The van der Waals surface area contributed by atoms with E-state index in [4.69, 9.17) is 5.73 Å². The molecule has 0 aliphatic carbocycles. The van der Waals surface area contributed by atoms with Crippen LogP contribution in [0.5, 0.6) is 0 Å². The highest BCUT2D eigenvalue weighted by atomic mass is 16.1. The van der Waals surface area contributed by atoms with E-state index < -0.39 is 0 Å². The first-order valence-corrected chi connectivity index (χ1v) is 8.50. The molecule has 138 valence electrons. The molecule has 0 aliphatic rings. The minimum absolute atomic E-state index is 0.131. The Kier molecular flexibility index (Phi) is 5.21. The molecule has 0 atom stereocenters. The molecule has 27 heavy (non-hydrogen) atoms. The van der Waals surface area contributed by atoms with Crippen molar-refractivity contribution < 1.29 is 4.79 Å². The van der Waals surface area contributed by atoms with Gasteiger partial charge in [0.2, 0.25) is 5.95 Å². The quantitative estimate of drug-likeness (QED) is 0.603. The molecular formula is C20H22N6O. The lowest BCUT2D eigenvalue weighted by Crippen LogP contribution is -2.19. The molecule has 0 fully saturated rings. The molecule has 0 saturated carbocycles. The third-order valence-corrected chi connectivity index (χ3v) is 4.23. The number of nitrogens with two attached hydrogens (primary N) is 1. The number of benzene rings is 2. The average molecular weight is 362 g/mol. The summed E-state index contributed by atoms with van der Waals surface area (Å²) in [7, 11) is 3.54. The van der Waals surface area contributed by atoms with Crippen molar-refractivity contribution in [3.63, 3.8) is 0 Å². The van der Waals surface area contributed by atoms with Crippen molar-refractivity contribution in [3.05, 3.63) is 65.9 Å². The van der Waals surface area contributed by atoms with E-state index in [1.54, 1.807) is 19.3 Å². The second-order valence-electron chi connectivity index (χ2n) is 6.12. The van der Waals surface area contributed by atoms with Crippen LogP contribution in [0.3, 0.4) is 0 Å². The molecule has 1 aromatic heterocycles. The van der Waals surface area contributed by atoms with Gasteiger partial charge < -0.3 is 21.3 Å². The fourth-order valence-electron chi connectivity index (χ4n) is 2.63. The molecular weight excluding hydrogens is 340 g/mol. The highest BCUT2D eigenvalue weighted by molar-refractivity contribution is 5.96. The summed E-state index contributed by atoms with van der Waals surface area (Å²) in [5.41, 5.74) is 9.67. The number of hydrogen-bond acceptors (Lipinski definition) is 6. The predicted octanol–water partition coefficient (Wildman–Crippen LogP) is 3.24. The Labute approximate surface area is 158 Å². The molecule has 0 radical (unpaired) electrons. The molecule has 7 heteroatoms. The van der Waals surface area contributed by atoms with Gasteiger partial charge in [0.05, 0.1) is 0 Å². The molecule has 3 rings (SSSR count). The third-order valence-electron chi connectivity index (χ3n) is 4.23. The van der Waals surface area contributed by atoms with Crippen LogP contribution in [0.4, 0.5) is 28.8 Å². The van der Waals surface area contributed by atoms with Crippen molar-refractivity contribution >= 4 is 34.7 Å². The maximum absolute atomic E-state index is 12.0. The van der Waals surface area contributed by atoms with Gasteiger partial charge in [0, 0.05) is 42.9 Å². The van der Waals surface area contributed by atoms with E-state index in [9.17, 15) is 4.79 Å². The Morgan fingerprint density at radius 2 is 1.85 bits per heavy atom. The summed E-state index contributed by atoms with van der Waals surface area (Å²) in [6.45, 7) is 1.90. The normalized spacial score (nSPS) is 10.3. The molecule has 1 heterocycles. The number of hydrogen-bond donors (Lipinski definition) is 3. The van der Waals surface area contributed by atoms with Gasteiger partial charge in [-0.05, 0) is 55.0 Å². The van der Waals surface area contributed by atoms with Crippen molar-refractivity contribution in [1.29, 1.82) is 0 Å². The molecule has 4 N–H and O–H groups in total. The number of nitrogen functional groups attached to an aromatic ring is 1. The molecule has 0 unspecified atom stereocenters. The lowest BCUT2D eigenvalue weighted by molar-refractivity contribution is 0.0962. The van der Waals surface area contributed by atoms with Crippen LogP contribution in [-0.2, 0) is 0 Å². The van der Waals surface area contributed by atoms with Gasteiger partial charge >= 0.3 is 0 Å². The minimum atomic E-state index is -0.131. The predicted molar refractivity (Wildman–Crippen MR) is 109 cm³/mol. The Morgan fingerprint density at radius 1 is 1.11 bits per heavy atom. The molecule has 0 aliphatic heterocycles. The highest BCUT2D eigenvalue weighted by Crippen LogP contribution is 2.24. The highest BCUT2D eigenvalue weighted by Gasteiger charge is 2.10. The third kappa shape index (κ3) is 4.14. The number of rotatable bonds is 5. The summed E-state index contributed by atoms with van der Waals surface area (Å²) in [6, 6.07) is 14.9. The number of carbonyl (C=O) groups excluding carboxylic acids is 1. The lowest BCUT2D eigenvalue weighted by Gasteiger charge is -2.19. The number of nitrogens with one attached hydrogen (secondary N) is 2. The SMILES string of the molecule is CNC(=O)c1cc(Nc2nccc(N(C)c3ccc(N)cc3)n2)ccc1C. The zero-order valence-corrected chi connectivity index (χ0v) is 15.5. The van der Waals surface area contributed by atoms with E-state index >= 15 is 0 Å². The molecule has 7 nitrogen and oxygen atoms in total. The summed E-state index contributed by atoms with van der Waals surface area (Å²) in [5.74, 6) is 1.05. The summed E-state index contributed by atoms with van der Waals surface area (Å²) in [4.78, 5) is 22.7. The number of nitrogens with zero attached hydrogens (tertiary/aromatic N) is 3. The molecule has 1 amide bonds. The monoisotopic (exact) mass is 362 g/mol. The summed E-state index contributed by atoms with van der Waals surface area (Å²) >= 11 is 0. The summed E-state index contributed by atoms with van der Waals surface area (Å²) < 4.78 is 0. The largest absolute Gasteiger partial charge is 0.399 e. The average Bonchev–Trinajstić information content (AvgIpc) is 2.69. The molecule has 3 aromatic rings. The first kappa shape index (κ1) is 18.2. The first-order valence-electron chi connectivity index (χ1n) is 8.50. The fraction of sp³-hybridized carbons (Fsp3) is 0.150. The Hall–Kier alpha value is -3.61. The topological polar surface area (TPSA) is 96.2 Å². The van der Waals surface area contributed by atoms with Gasteiger partial charge in [-0.1, -0.05) is 6.07 Å². The van der Waals surface area contributed by atoms with Crippen molar-refractivity contribution in [1.82, 2.24) is 15.3 Å². The van der Waals surface area contributed by atoms with E-state index in [0.717, 1.165) is 22.8 Å². The van der Waals surface area contributed by atoms with E-state index in [1.807, 2.05) is 61.3 Å². The van der Waals surface area contributed by atoms with Gasteiger partial charge in [-0.3, -0.25) is 4.79 Å². The molecule has 2 aromatic carbocycles. The van der Waals surface area contributed by atoms with E-state index in [0.29, 0.717) is 17.2 Å². The summed E-state index contributed by atoms with van der Waals surface area (Å²) in [6.07, 6.45) is 1.69. The number of aryl methyl sites for hydroxylation is 1. The smallest absolute Gasteiger partial charge is 0.251 e. The second-order valence-corrected chi connectivity index (χ2v) is 6.12. The molecule has 0 saturated heterocycles. The fourth-order valence-corrected chi connectivity index (χ4v) is 2.63. The van der Waals surface area contributed by atoms with Crippen molar-refractivity contribution in [3.8, 4) is 0 Å². The summed E-state index contributed by atoms with van der Waals surface area (Å²) in [5, 5.41) is 5.80. The van der Waals surface area contributed by atoms with Gasteiger partial charge in [-0.15, -0.1) is 0 Å². The zero-order chi connectivity index (χ0) is 19.4. The molecule has 0 bridgehead atoms. The van der Waals surface area contributed by atoms with Crippen LogP contribution in [0.15, 0.2) is 54.7 Å². The van der Waals surface area contributed by atoms with E-state index in [2.05, 4.69) is 20.6 Å². The standard InChI is InChI=1S/C20H22N6O/c1-13-4-7-15(12-17(13)19(27)22-2)24-20-23-11-10-18(25-20)26(3)16-8-5-14(21)6-9-16/h4-12H,21H2,1-3H3,(H,22,27)(H,23,24,25). The second kappa shape index (κ2) is 7.74. The van der Waals surface area contributed by atoms with Gasteiger partial charge in [-0.2, -0.15) is 4.98 Å². The van der Waals surface area contributed by atoms with Crippen LogP contribution < -0.4 is 21.3 Å². The zero-order valence-electron chi connectivity index (χ0n) is 15.5.